The highest BCUT2D eigenvalue weighted by Gasteiger charge is 2.60. The second-order valence-corrected chi connectivity index (χ2v) is 7.79. The van der Waals surface area contributed by atoms with Crippen LogP contribution in [0.25, 0.3) is 10.9 Å². The number of allylic oxidation sites excluding steroid dienone is 2. The molecule has 0 saturated heterocycles. The third-order valence-corrected chi connectivity index (χ3v) is 5.11. The van der Waals surface area contributed by atoms with Crippen LogP contribution in [-0.2, 0) is 11.3 Å². The number of fused-ring (bicyclic) bond motifs is 1. The van der Waals surface area contributed by atoms with Crippen LogP contribution in [0.4, 0.5) is 0 Å². The fraction of sp³-hybridized carbons (Fsp3) is 0.450. The van der Waals surface area contributed by atoms with Crippen LogP contribution < -0.4 is 5.56 Å². The molecule has 1 amide bonds. The highest BCUT2D eigenvalue weighted by atomic mass is 16.2. The summed E-state index contributed by atoms with van der Waals surface area (Å²) in [7, 11) is 1.77. The van der Waals surface area contributed by atoms with Gasteiger partial charge in [0.1, 0.15) is 5.82 Å². The zero-order valence-electron chi connectivity index (χ0n) is 15.5. The molecular weight excluding hydrogens is 314 g/mol. The maximum atomic E-state index is 12.8. The van der Waals surface area contributed by atoms with Crippen molar-refractivity contribution in [1.29, 1.82) is 0 Å². The molecule has 1 N–H and O–H groups in total. The van der Waals surface area contributed by atoms with Gasteiger partial charge >= 0.3 is 0 Å². The number of carbonyl (C=O) groups is 1. The second-order valence-electron chi connectivity index (χ2n) is 7.79. The van der Waals surface area contributed by atoms with Gasteiger partial charge in [-0.2, -0.15) is 0 Å². The summed E-state index contributed by atoms with van der Waals surface area (Å²) in [6.45, 7) is 8.67. The smallest absolute Gasteiger partial charge is 0.258 e. The summed E-state index contributed by atoms with van der Waals surface area (Å²) in [6.07, 6.45) is 2.19. The number of benzene rings is 1. The number of amides is 1. The maximum absolute atomic E-state index is 12.8. The minimum absolute atomic E-state index is 0.0143. The second kappa shape index (κ2) is 6.14. The van der Waals surface area contributed by atoms with Crippen molar-refractivity contribution in [1.82, 2.24) is 14.9 Å². The Morgan fingerprint density at radius 3 is 2.68 bits per heavy atom. The number of H-pyrrole nitrogens is 1. The van der Waals surface area contributed by atoms with Crippen molar-refractivity contribution < 1.29 is 4.79 Å². The van der Waals surface area contributed by atoms with Crippen molar-refractivity contribution in [2.45, 2.75) is 34.2 Å². The molecule has 1 saturated carbocycles. The first-order chi connectivity index (χ1) is 11.7. The summed E-state index contributed by atoms with van der Waals surface area (Å²) in [5.74, 6) is 0.871. The van der Waals surface area contributed by atoms with Gasteiger partial charge in [0.2, 0.25) is 5.91 Å². The van der Waals surface area contributed by atoms with E-state index >= 15 is 0 Å². The van der Waals surface area contributed by atoms with Crippen LogP contribution in [-0.4, -0.2) is 27.8 Å². The Balaban J connectivity index is 1.79. The average molecular weight is 339 g/mol. The van der Waals surface area contributed by atoms with Gasteiger partial charge in [0.15, 0.2) is 0 Å². The Bertz CT molecular complexity index is 907. The molecule has 1 aromatic carbocycles. The van der Waals surface area contributed by atoms with Crippen LogP contribution in [0.15, 0.2) is 40.7 Å². The zero-order chi connectivity index (χ0) is 18.4. The van der Waals surface area contributed by atoms with E-state index in [0.29, 0.717) is 23.3 Å². The normalized spacial score (nSPS) is 21.0. The molecule has 5 nitrogen and oxygen atoms in total. The summed E-state index contributed by atoms with van der Waals surface area (Å²) in [4.78, 5) is 33.9. The Labute approximate surface area is 147 Å². The Morgan fingerprint density at radius 1 is 1.32 bits per heavy atom. The number of para-hydroxylation sites is 1. The third-order valence-electron chi connectivity index (χ3n) is 5.11. The van der Waals surface area contributed by atoms with Gasteiger partial charge in [-0.05, 0) is 37.3 Å². The van der Waals surface area contributed by atoms with E-state index in [-0.39, 0.29) is 28.7 Å². The molecule has 0 spiro atoms. The molecule has 2 atom stereocenters. The third kappa shape index (κ3) is 3.23. The maximum Gasteiger partial charge on any atom is 0.258 e. The van der Waals surface area contributed by atoms with Gasteiger partial charge in [-0.25, -0.2) is 4.98 Å². The van der Waals surface area contributed by atoms with Crippen LogP contribution in [0, 0.1) is 17.3 Å². The van der Waals surface area contributed by atoms with E-state index in [1.165, 1.54) is 5.57 Å². The first-order valence-corrected chi connectivity index (χ1v) is 8.59. The number of hydrogen-bond acceptors (Lipinski definition) is 3. The largest absolute Gasteiger partial charge is 0.338 e. The summed E-state index contributed by atoms with van der Waals surface area (Å²) in [5, 5.41) is 0.562. The van der Waals surface area contributed by atoms with E-state index in [0.717, 1.165) is 0 Å². The number of rotatable bonds is 4. The van der Waals surface area contributed by atoms with Crippen LogP contribution in [0.5, 0.6) is 0 Å². The van der Waals surface area contributed by atoms with Crippen LogP contribution >= 0.6 is 0 Å². The lowest BCUT2D eigenvalue weighted by molar-refractivity contribution is -0.132. The molecular formula is C20H25N3O2. The lowest BCUT2D eigenvalue weighted by Gasteiger charge is -2.17. The number of hydrogen-bond donors (Lipinski definition) is 1. The van der Waals surface area contributed by atoms with E-state index < -0.39 is 0 Å². The fourth-order valence-corrected chi connectivity index (χ4v) is 3.57. The molecule has 0 unspecified atom stereocenters. The molecule has 25 heavy (non-hydrogen) atoms. The molecule has 3 rings (SSSR count). The Hall–Kier alpha value is -2.43. The van der Waals surface area contributed by atoms with E-state index in [1.54, 1.807) is 18.0 Å². The number of aromatic nitrogens is 2. The van der Waals surface area contributed by atoms with Gasteiger partial charge in [-0.15, -0.1) is 0 Å². The molecule has 1 heterocycles. The molecule has 2 aromatic rings. The standard InChI is InChI=1S/C20H25N3O2/c1-12(2)10-14-17(20(14,3)4)19(25)23(5)11-16-21-15-9-7-6-8-13(15)18(24)22-16/h6-10,14,17H,11H2,1-5H3,(H,21,22,24)/t14-,17+/m0/s1. The lowest BCUT2D eigenvalue weighted by atomic mass is 10.1. The van der Waals surface area contributed by atoms with Crippen molar-refractivity contribution in [3.63, 3.8) is 0 Å². The quantitative estimate of drug-likeness (QED) is 0.870. The minimum atomic E-state index is -0.171. The lowest BCUT2D eigenvalue weighted by Crippen LogP contribution is -2.31. The van der Waals surface area contributed by atoms with Crippen molar-refractivity contribution >= 4 is 16.8 Å². The van der Waals surface area contributed by atoms with Gasteiger partial charge in [-0.3, -0.25) is 9.59 Å². The number of nitrogens with zero attached hydrogens (tertiary/aromatic N) is 2. The van der Waals surface area contributed by atoms with Gasteiger partial charge < -0.3 is 9.88 Å². The zero-order valence-corrected chi connectivity index (χ0v) is 15.5. The predicted octanol–water partition coefficient (Wildman–Crippen LogP) is 3.12. The van der Waals surface area contributed by atoms with Gasteiger partial charge in [-0.1, -0.05) is 37.6 Å². The molecule has 1 fully saturated rings. The van der Waals surface area contributed by atoms with Crippen molar-refractivity contribution in [3.05, 3.63) is 52.1 Å². The first-order valence-electron chi connectivity index (χ1n) is 8.59. The molecule has 0 bridgehead atoms. The van der Waals surface area contributed by atoms with Gasteiger partial charge in [0.25, 0.3) is 5.56 Å². The van der Waals surface area contributed by atoms with E-state index in [4.69, 9.17) is 0 Å². The van der Waals surface area contributed by atoms with Crippen molar-refractivity contribution in [2.24, 2.45) is 17.3 Å². The summed E-state index contributed by atoms with van der Waals surface area (Å²) >= 11 is 0. The highest BCUT2D eigenvalue weighted by Crippen LogP contribution is 2.60. The first kappa shape index (κ1) is 17.4. The molecule has 0 aliphatic heterocycles. The number of nitrogens with one attached hydrogen (secondary N) is 1. The Morgan fingerprint density at radius 2 is 2.00 bits per heavy atom. The van der Waals surface area contributed by atoms with E-state index in [1.807, 2.05) is 18.2 Å². The SMILES string of the molecule is CC(C)=C[C@H]1[C@H](C(=O)N(C)Cc2nc3ccccc3c(=O)[nH]2)C1(C)C. The molecule has 1 aliphatic carbocycles. The molecule has 1 aromatic heterocycles. The van der Waals surface area contributed by atoms with Crippen LogP contribution in [0.3, 0.4) is 0 Å². The van der Waals surface area contributed by atoms with Gasteiger partial charge in [0, 0.05) is 7.05 Å². The van der Waals surface area contributed by atoms with Crippen LogP contribution in [0.2, 0.25) is 0 Å². The molecule has 0 radical (unpaired) electrons. The summed E-state index contributed by atoms with van der Waals surface area (Å²) in [6, 6.07) is 7.22. The predicted molar refractivity (Wildman–Crippen MR) is 99.0 cm³/mol. The molecule has 5 heteroatoms. The summed E-state index contributed by atoms with van der Waals surface area (Å²) < 4.78 is 0. The summed E-state index contributed by atoms with van der Waals surface area (Å²) in [5.41, 5.74) is 1.69. The van der Waals surface area contributed by atoms with E-state index in [9.17, 15) is 9.59 Å². The van der Waals surface area contributed by atoms with Gasteiger partial charge in [0.05, 0.1) is 23.4 Å². The molecule has 1 aliphatic rings. The monoisotopic (exact) mass is 339 g/mol. The van der Waals surface area contributed by atoms with Crippen LogP contribution in [0.1, 0.15) is 33.5 Å². The van der Waals surface area contributed by atoms with Crippen molar-refractivity contribution in [3.8, 4) is 0 Å². The number of aromatic amines is 1. The number of carbonyl (C=O) groups excluding carboxylic acids is 1. The van der Waals surface area contributed by atoms with E-state index in [2.05, 4.69) is 43.7 Å². The minimum Gasteiger partial charge on any atom is -0.338 e. The average Bonchev–Trinajstić information content (AvgIpc) is 3.06. The fourth-order valence-electron chi connectivity index (χ4n) is 3.57. The topological polar surface area (TPSA) is 66.1 Å². The highest BCUT2D eigenvalue weighted by molar-refractivity contribution is 5.83. The van der Waals surface area contributed by atoms with Crippen molar-refractivity contribution in [2.75, 3.05) is 7.05 Å². The Kier molecular flexibility index (Phi) is 4.27. The molecule has 132 valence electrons.